The van der Waals surface area contributed by atoms with Gasteiger partial charge in [-0.25, -0.2) is 13.4 Å². The first-order chi connectivity index (χ1) is 8.05. The molecule has 0 saturated carbocycles. The van der Waals surface area contributed by atoms with Crippen molar-refractivity contribution in [1.82, 2.24) is 4.98 Å². The molecule has 0 radical (unpaired) electrons. The molecule has 5 nitrogen and oxygen atoms in total. The molecule has 0 N–H and O–H groups in total. The molecule has 94 valence electrons. The van der Waals surface area contributed by atoms with Crippen LogP contribution in [0.1, 0.15) is 12.8 Å². The minimum Gasteiger partial charge on any atom is -0.474 e. The lowest BCUT2D eigenvalue weighted by Crippen LogP contribution is -2.26. The Labute approximate surface area is 104 Å². The first-order valence-corrected chi connectivity index (χ1v) is 7.52. The quantitative estimate of drug-likeness (QED) is 0.785. The number of aromatic nitrogens is 1. The molecule has 0 aliphatic carbocycles. The van der Waals surface area contributed by atoms with Gasteiger partial charge in [-0.05, 0) is 6.07 Å². The number of rotatable bonds is 3. The Hall–Kier alpha value is -0.850. The van der Waals surface area contributed by atoms with Gasteiger partial charge in [0, 0.05) is 29.6 Å². The Morgan fingerprint density at radius 1 is 1.35 bits per heavy atom. The number of halogens is 1. The van der Waals surface area contributed by atoms with Crippen molar-refractivity contribution in [3.8, 4) is 5.88 Å². The average Bonchev–Trinajstić information content (AvgIpc) is 2.30. The summed E-state index contributed by atoms with van der Waals surface area (Å²) in [4.78, 5) is 3.88. The predicted octanol–water partition coefficient (Wildman–Crippen LogP) is 1.57. The van der Waals surface area contributed by atoms with Crippen LogP contribution < -0.4 is 4.74 Å². The van der Waals surface area contributed by atoms with E-state index in [1.165, 1.54) is 18.3 Å². The third-order valence-electron chi connectivity index (χ3n) is 2.45. The number of ether oxygens (including phenoxy) is 2. The molecule has 0 atom stereocenters. The van der Waals surface area contributed by atoms with E-state index in [0.717, 1.165) is 12.8 Å². The van der Waals surface area contributed by atoms with Gasteiger partial charge in [0.15, 0.2) is 0 Å². The Morgan fingerprint density at radius 2 is 2.06 bits per heavy atom. The van der Waals surface area contributed by atoms with Gasteiger partial charge in [0.2, 0.25) is 5.88 Å². The van der Waals surface area contributed by atoms with Crippen molar-refractivity contribution in [3.63, 3.8) is 0 Å². The predicted molar refractivity (Wildman–Crippen MR) is 61.7 cm³/mol. The van der Waals surface area contributed by atoms with Crippen LogP contribution in [-0.4, -0.2) is 32.7 Å². The lowest BCUT2D eigenvalue weighted by atomic mass is 10.2. The number of nitrogens with zero attached hydrogens (tertiary/aromatic N) is 1. The fourth-order valence-electron chi connectivity index (χ4n) is 1.55. The van der Waals surface area contributed by atoms with Crippen LogP contribution in [0.15, 0.2) is 23.2 Å². The standard InChI is InChI=1S/C10H12ClNO4S/c11-17(13,14)9-1-2-10(12-7-9)16-8-3-5-15-6-4-8/h1-2,7-8H,3-6H2. The summed E-state index contributed by atoms with van der Waals surface area (Å²) in [6.07, 6.45) is 2.90. The minimum atomic E-state index is -3.72. The molecule has 1 aliphatic heterocycles. The summed E-state index contributed by atoms with van der Waals surface area (Å²) in [5.74, 6) is 0.404. The molecular formula is C10H12ClNO4S. The van der Waals surface area contributed by atoms with Gasteiger partial charge < -0.3 is 9.47 Å². The van der Waals surface area contributed by atoms with E-state index in [-0.39, 0.29) is 11.0 Å². The van der Waals surface area contributed by atoms with Gasteiger partial charge in [-0.2, -0.15) is 0 Å². The summed E-state index contributed by atoms with van der Waals surface area (Å²) in [5.41, 5.74) is 0. The normalized spacial score (nSPS) is 17.9. The fraction of sp³-hybridized carbons (Fsp3) is 0.500. The van der Waals surface area contributed by atoms with Gasteiger partial charge in [0.1, 0.15) is 11.0 Å². The maximum Gasteiger partial charge on any atom is 0.262 e. The topological polar surface area (TPSA) is 65.5 Å². The highest BCUT2D eigenvalue weighted by molar-refractivity contribution is 8.13. The molecular weight excluding hydrogens is 266 g/mol. The Kier molecular flexibility index (Phi) is 3.86. The molecule has 1 aromatic heterocycles. The second-order valence-electron chi connectivity index (χ2n) is 3.70. The minimum absolute atomic E-state index is 0.0292. The zero-order chi connectivity index (χ0) is 12.3. The van der Waals surface area contributed by atoms with Gasteiger partial charge in [-0.15, -0.1) is 0 Å². The molecule has 2 rings (SSSR count). The van der Waals surface area contributed by atoms with Crippen LogP contribution in [0.3, 0.4) is 0 Å². The lowest BCUT2D eigenvalue weighted by Gasteiger charge is -2.22. The Morgan fingerprint density at radius 3 is 2.59 bits per heavy atom. The highest BCUT2D eigenvalue weighted by Crippen LogP contribution is 2.19. The number of pyridine rings is 1. The van der Waals surface area contributed by atoms with Crippen LogP contribution in [0.4, 0.5) is 0 Å². The van der Waals surface area contributed by atoms with E-state index in [0.29, 0.717) is 19.1 Å². The van der Waals surface area contributed by atoms with Crippen molar-refractivity contribution in [2.45, 2.75) is 23.8 Å². The molecule has 1 saturated heterocycles. The molecule has 0 spiro atoms. The molecule has 1 fully saturated rings. The van der Waals surface area contributed by atoms with Crippen LogP contribution in [-0.2, 0) is 13.8 Å². The van der Waals surface area contributed by atoms with Crippen molar-refractivity contribution in [1.29, 1.82) is 0 Å². The summed E-state index contributed by atoms with van der Waals surface area (Å²) in [5, 5.41) is 0. The maximum atomic E-state index is 11.0. The summed E-state index contributed by atoms with van der Waals surface area (Å²) in [7, 11) is 1.46. The van der Waals surface area contributed by atoms with Crippen LogP contribution in [0.5, 0.6) is 5.88 Å². The van der Waals surface area contributed by atoms with E-state index in [1.807, 2.05) is 0 Å². The van der Waals surface area contributed by atoms with E-state index in [2.05, 4.69) is 4.98 Å². The van der Waals surface area contributed by atoms with Gasteiger partial charge >= 0.3 is 0 Å². The summed E-state index contributed by atoms with van der Waals surface area (Å²) < 4.78 is 32.8. The largest absolute Gasteiger partial charge is 0.474 e. The number of hydrogen-bond donors (Lipinski definition) is 0. The summed E-state index contributed by atoms with van der Waals surface area (Å²) >= 11 is 0. The van der Waals surface area contributed by atoms with E-state index in [4.69, 9.17) is 20.2 Å². The highest BCUT2D eigenvalue weighted by Gasteiger charge is 2.16. The van der Waals surface area contributed by atoms with Gasteiger partial charge in [-0.3, -0.25) is 0 Å². The molecule has 2 heterocycles. The molecule has 0 aromatic carbocycles. The average molecular weight is 278 g/mol. The van der Waals surface area contributed by atoms with Crippen molar-refractivity contribution < 1.29 is 17.9 Å². The first kappa shape index (κ1) is 12.6. The summed E-state index contributed by atoms with van der Waals surface area (Å²) in [6, 6.07) is 2.88. The van der Waals surface area contributed by atoms with Crippen molar-refractivity contribution in [2.75, 3.05) is 13.2 Å². The van der Waals surface area contributed by atoms with Gasteiger partial charge in [0.05, 0.1) is 19.4 Å². The van der Waals surface area contributed by atoms with Crippen molar-refractivity contribution in [2.24, 2.45) is 0 Å². The zero-order valence-electron chi connectivity index (χ0n) is 9.00. The molecule has 1 aromatic rings. The molecule has 0 amide bonds. The van der Waals surface area contributed by atoms with Crippen LogP contribution in [0, 0.1) is 0 Å². The smallest absolute Gasteiger partial charge is 0.262 e. The first-order valence-electron chi connectivity index (χ1n) is 5.21. The highest BCUT2D eigenvalue weighted by atomic mass is 35.7. The second-order valence-corrected chi connectivity index (χ2v) is 6.27. The van der Waals surface area contributed by atoms with Crippen molar-refractivity contribution in [3.05, 3.63) is 18.3 Å². The Balaban J connectivity index is 2.03. The van der Waals surface area contributed by atoms with Gasteiger partial charge in [0.25, 0.3) is 9.05 Å². The fourth-order valence-corrected chi connectivity index (χ4v) is 2.23. The van der Waals surface area contributed by atoms with Gasteiger partial charge in [-0.1, -0.05) is 0 Å². The van der Waals surface area contributed by atoms with E-state index in [1.54, 1.807) is 0 Å². The summed E-state index contributed by atoms with van der Waals surface area (Å²) in [6.45, 7) is 1.36. The van der Waals surface area contributed by atoms with Crippen LogP contribution in [0.2, 0.25) is 0 Å². The van der Waals surface area contributed by atoms with E-state index >= 15 is 0 Å². The maximum absolute atomic E-state index is 11.0. The SMILES string of the molecule is O=S(=O)(Cl)c1ccc(OC2CCOCC2)nc1. The molecule has 7 heteroatoms. The lowest BCUT2D eigenvalue weighted by molar-refractivity contribution is 0.0237. The van der Waals surface area contributed by atoms with Crippen LogP contribution >= 0.6 is 10.7 Å². The monoisotopic (exact) mass is 277 g/mol. The second kappa shape index (κ2) is 5.20. The van der Waals surface area contributed by atoms with Crippen LogP contribution in [0.25, 0.3) is 0 Å². The van der Waals surface area contributed by atoms with E-state index < -0.39 is 9.05 Å². The van der Waals surface area contributed by atoms with Crippen molar-refractivity contribution >= 4 is 19.7 Å². The molecule has 1 aliphatic rings. The van der Waals surface area contributed by atoms with E-state index in [9.17, 15) is 8.42 Å². The Bertz CT molecular complexity index is 468. The zero-order valence-corrected chi connectivity index (χ0v) is 10.6. The molecule has 17 heavy (non-hydrogen) atoms. The molecule has 0 bridgehead atoms. The molecule has 0 unspecified atom stereocenters. The third kappa shape index (κ3) is 3.55. The third-order valence-corrected chi connectivity index (χ3v) is 3.79. The number of hydrogen-bond acceptors (Lipinski definition) is 5.